The van der Waals surface area contributed by atoms with E-state index in [-0.39, 0.29) is 33.8 Å². The van der Waals surface area contributed by atoms with E-state index in [1.807, 2.05) is 11.3 Å². The van der Waals surface area contributed by atoms with Crippen molar-refractivity contribution < 1.29 is 4.42 Å². The van der Waals surface area contributed by atoms with Crippen LogP contribution in [0.1, 0.15) is 130 Å². The van der Waals surface area contributed by atoms with Gasteiger partial charge in [-0.3, -0.25) is 0 Å². The maximum Gasteiger partial charge on any atom is 0.264 e. The molecule has 0 fully saturated rings. The first-order valence-electron chi connectivity index (χ1n) is 31.9. The van der Waals surface area contributed by atoms with Crippen LogP contribution in [0, 0.1) is 0 Å². The van der Waals surface area contributed by atoms with Gasteiger partial charge in [-0.1, -0.05) is 204 Å². The maximum atomic E-state index is 6.86. The molecule has 88 heavy (non-hydrogen) atoms. The van der Waals surface area contributed by atoms with Crippen LogP contribution in [0.15, 0.2) is 217 Å². The number of para-hydroxylation sites is 2. The van der Waals surface area contributed by atoms with Gasteiger partial charge in [-0.05, 0) is 193 Å². The van der Waals surface area contributed by atoms with Gasteiger partial charge in [0.25, 0.3) is 6.71 Å². The Balaban J connectivity index is 1.04. The molecule has 0 bridgehead atoms. The van der Waals surface area contributed by atoms with E-state index in [1.54, 1.807) is 0 Å². The number of nitrogens with zero attached hydrogens (tertiary/aromatic N) is 3. The Morgan fingerprint density at radius 3 is 1.76 bits per heavy atom. The van der Waals surface area contributed by atoms with E-state index < -0.39 is 0 Å². The fourth-order valence-corrected chi connectivity index (χ4v) is 17.0. The molecule has 2 aliphatic heterocycles. The van der Waals surface area contributed by atoms with Gasteiger partial charge in [0.1, 0.15) is 11.2 Å². The topological polar surface area (TPSA) is 22.9 Å². The second-order valence-corrected chi connectivity index (χ2v) is 30.5. The summed E-state index contributed by atoms with van der Waals surface area (Å²) in [7, 11) is 0. The molecule has 2 aliphatic carbocycles. The van der Waals surface area contributed by atoms with Gasteiger partial charge in [-0.15, -0.1) is 11.3 Å². The van der Waals surface area contributed by atoms with Gasteiger partial charge in [0.05, 0.1) is 22.4 Å². The van der Waals surface area contributed by atoms with Gasteiger partial charge in [0.15, 0.2) is 0 Å². The highest BCUT2D eigenvalue weighted by Gasteiger charge is 2.48. The van der Waals surface area contributed by atoms with Crippen LogP contribution >= 0.6 is 11.3 Å². The van der Waals surface area contributed by atoms with E-state index in [2.05, 4.69) is 303 Å². The number of anilines is 9. The van der Waals surface area contributed by atoms with Crippen molar-refractivity contribution in [3.8, 4) is 22.3 Å². The van der Waals surface area contributed by atoms with Crippen LogP contribution in [0.2, 0.25) is 0 Å². The van der Waals surface area contributed by atoms with Crippen LogP contribution in [-0.2, 0) is 27.1 Å². The smallest absolute Gasteiger partial charge is 0.264 e. The number of furan rings is 1. The zero-order valence-electron chi connectivity index (χ0n) is 52.8. The van der Waals surface area contributed by atoms with Crippen molar-refractivity contribution in [2.75, 3.05) is 14.7 Å². The molecule has 6 heteroatoms. The van der Waals surface area contributed by atoms with Crippen LogP contribution < -0.4 is 30.4 Å². The summed E-state index contributed by atoms with van der Waals surface area (Å²) in [5.41, 5.74) is 26.7. The van der Waals surface area contributed by atoms with Crippen molar-refractivity contribution in [1.29, 1.82) is 0 Å². The van der Waals surface area contributed by atoms with Gasteiger partial charge < -0.3 is 19.1 Å². The zero-order valence-corrected chi connectivity index (χ0v) is 53.6. The van der Waals surface area contributed by atoms with Crippen molar-refractivity contribution in [1.82, 2.24) is 0 Å². The SMILES string of the molecule is CC(C)(C)c1ccc2sc3c(c2c1)N(c1ccc2c(c1)C(C)(C)CCC2(C)C)c1cc(-c2ccccc2)cc2c1B3c1ccc(N(c3ccc4c(c3)C(C)(C)CCC4(C)C)c3ccccc3-c3ccccc3)cc1N2c1cccc2oc3ccccc3c12. The maximum absolute atomic E-state index is 6.86. The third-order valence-electron chi connectivity index (χ3n) is 20.9. The van der Waals surface area contributed by atoms with Crippen LogP contribution in [-0.4, -0.2) is 6.71 Å². The Morgan fingerprint density at radius 1 is 0.455 bits per heavy atom. The number of hydrogen-bond acceptors (Lipinski definition) is 5. The Hall–Kier alpha value is -8.58. The lowest BCUT2D eigenvalue weighted by Crippen LogP contribution is -2.60. The summed E-state index contributed by atoms with van der Waals surface area (Å²) < 4.78 is 9.53. The molecular weight excluding hydrogens is 1090 g/mol. The largest absolute Gasteiger partial charge is 0.456 e. The normalized spacial score (nSPS) is 16.7. The average Bonchev–Trinajstić information content (AvgIpc) is 1.20. The Morgan fingerprint density at radius 2 is 1.05 bits per heavy atom. The highest BCUT2D eigenvalue weighted by Crippen LogP contribution is 2.56. The summed E-state index contributed by atoms with van der Waals surface area (Å²) in [6.07, 6.45) is 4.59. The predicted octanol–water partition coefficient (Wildman–Crippen LogP) is 21.7. The monoisotopic (exact) mass is 1160 g/mol. The second-order valence-electron chi connectivity index (χ2n) is 29.4. The minimum absolute atomic E-state index is 0.00156. The molecule has 4 heterocycles. The first kappa shape index (κ1) is 54.8. The standard InChI is InChI=1S/C82H76BN3OS/c1-78(2,3)54-33-40-73-60(47-54)76-77(88-73)83-65-39-36-57(84(66-29-20-18-27-58(66)52-25-16-13-17-26-52)55-34-37-61-63(48-55)81(8,9)43-41-79(61,4)5)50-68(65)86(67-30-22-32-72-74(67)59-28-19-21-31-71(59)87-72)70-46-53(51-23-14-12-15-24-51)45-69(75(70)83)85(76)56-35-38-62-64(49-56)82(10,11)44-42-80(62,6)7/h12-40,45-50H,41-44H2,1-11H3. The Bertz CT molecular complexity index is 4820. The van der Waals surface area contributed by atoms with E-state index in [1.165, 1.54) is 98.6 Å². The van der Waals surface area contributed by atoms with Gasteiger partial charge in [0, 0.05) is 59.9 Å². The van der Waals surface area contributed by atoms with E-state index in [0.717, 1.165) is 76.1 Å². The molecule has 0 N–H and O–H groups in total. The molecule has 0 amide bonds. The van der Waals surface area contributed by atoms with Gasteiger partial charge in [-0.25, -0.2) is 0 Å². The third kappa shape index (κ3) is 8.44. The fourth-order valence-electron chi connectivity index (χ4n) is 15.7. The molecule has 2 aromatic heterocycles. The second kappa shape index (κ2) is 19.5. The summed E-state index contributed by atoms with van der Waals surface area (Å²) in [6, 6.07) is 81.1. The summed E-state index contributed by atoms with van der Waals surface area (Å²) in [5.74, 6) is 0. The van der Waals surface area contributed by atoms with Crippen molar-refractivity contribution in [3.05, 3.63) is 240 Å². The van der Waals surface area contributed by atoms with E-state index in [9.17, 15) is 0 Å². The molecule has 0 saturated heterocycles. The molecule has 0 saturated carbocycles. The quantitative estimate of drug-likeness (QED) is 0.148. The van der Waals surface area contributed by atoms with Crippen molar-refractivity contribution in [2.45, 2.75) is 129 Å². The van der Waals surface area contributed by atoms with E-state index in [0.29, 0.717) is 0 Å². The van der Waals surface area contributed by atoms with Crippen LogP contribution in [0.3, 0.4) is 0 Å². The summed E-state index contributed by atoms with van der Waals surface area (Å²) in [6.45, 7) is 26.5. The molecule has 12 aromatic rings. The van der Waals surface area contributed by atoms with Crippen molar-refractivity contribution in [2.24, 2.45) is 0 Å². The van der Waals surface area contributed by atoms with Gasteiger partial charge >= 0.3 is 0 Å². The predicted molar refractivity (Wildman–Crippen MR) is 378 cm³/mol. The lowest BCUT2D eigenvalue weighted by Gasteiger charge is -2.45. The molecule has 0 atom stereocenters. The van der Waals surface area contributed by atoms with Gasteiger partial charge in [-0.2, -0.15) is 0 Å². The molecule has 4 aliphatic rings. The number of hydrogen-bond donors (Lipinski definition) is 0. The molecule has 0 spiro atoms. The van der Waals surface area contributed by atoms with Gasteiger partial charge in [0.2, 0.25) is 0 Å². The van der Waals surface area contributed by atoms with E-state index in [4.69, 9.17) is 4.42 Å². The first-order valence-corrected chi connectivity index (χ1v) is 32.8. The van der Waals surface area contributed by atoms with Crippen molar-refractivity contribution in [3.63, 3.8) is 0 Å². The molecule has 16 rings (SSSR count). The number of rotatable bonds is 7. The molecular formula is C82H76BN3OS. The zero-order chi connectivity index (χ0) is 60.4. The first-order chi connectivity index (χ1) is 42.2. The number of thiophene rings is 1. The van der Waals surface area contributed by atoms with Crippen LogP contribution in [0.4, 0.5) is 51.2 Å². The number of fused-ring (bicyclic) bond motifs is 11. The minimum Gasteiger partial charge on any atom is -0.456 e. The molecule has 10 aromatic carbocycles. The lowest BCUT2D eigenvalue weighted by molar-refractivity contribution is 0.332. The summed E-state index contributed by atoms with van der Waals surface area (Å²) in [4.78, 5) is 7.90. The van der Waals surface area contributed by atoms with Crippen LogP contribution in [0.25, 0.3) is 54.3 Å². The highest BCUT2D eigenvalue weighted by atomic mass is 32.1. The molecule has 0 unspecified atom stereocenters. The third-order valence-corrected chi connectivity index (χ3v) is 22.1. The van der Waals surface area contributed by atoms with Crippen molar-refractivity contribution >= 4 is 117 Å². The molecule has 4 nitrogen and oxygen atoms in total. The number of benzene rings is 10. The van der Waals surface area contributed by atoms with Crippen LogP contribution in [0.5, 0.6) is 0 Å². The molecule has 434 valence electrons. The fraction of sp³-hybridized carbons (Fsp3) is 0.244. The minimum atomic E-state index is -0.109. The highest BCUT2D eigenvalue weighted by molar-refractivity contribution is 7.33. The molecule has 0 radical (unpaired) electrons. The van der Waals surface area contributed by atoms with E-state index >= 15 is 0 Å². The lowest BCUT2D eigenvalue weighted by atomic mass is 9.36. The summed E-state index contributed by atoms with van der Waals surface area (Å²) >= 11 is 1.98. The summed E-state index contributed by atoms with van der Waals surface area (Å²) in [5, 5.41) is 3.50. The average molecular weight is 1160 g/mol. The Kier molecular flexibility index (Phi) is 12.1. The Labute approximate surface area is 524 Å².